The van der Waals surface area contributed by atoms with E-state index in [1.807, 2.05) is 12.1 Å². The zero-order valence-electron chi connectivity index (χ0n) is 8.02. The van der Waals surface area contributed by atoms with Crippen molar-refractivity contribution in [2.45, 2.75) is 32.1 Å². The van der Waals surface area contributed by atoms with Crippen molar-refractivity contribution < 1.29 is 4.39 Å². The maximum atomic E-state index is 13.8. The van der Waals surface area contributed by atoms with E-state index in [-0.39, 0.29) is 12.2 Å². The first-order valence-electron chi connectivity index (χ1n) is 4.99. The van der Waals surface area contributed by atoms with Crippen LogP contribution in [0.4, 0.5) is 4.39 Å². The van der Waals surface area contributed by atoms with Crippen molar-refractivity contribution >= 4 is 0 Å². The lowest BCUT2D eigenvalue weighted by Crippen LogP contribution is -2.07. The predicted molar refractivity (Wildman–Crippen MR) is 52.4 cm³/mol. The van der Waals surface area contributed by atoms with Crippen molar-refractivity contribution in [2.24, 2.45) is 0 Å². The normalized spacial score (nSPS) is 14.6. The highest BCUT2D eigenvalue weighted by Crippen LogP contribution is 2.25. The topological polar surface area (TPSA) is 23.8 Å². The molecule has 0 aromatic heterocycles. The molecule has 14 heavy (non-hydrogen) atoms. The summed E-state index contributed by atoms with van der Waals surface area (Å²) in [5, 5.41) is 8.53. The van der Waals surface area contributed by atoms with E-state index >= 15 is 0 Å². The third-order valence-corrected chi connectivity index (χ3v) is 2.81. The minimum atomic E-state index is -0.135. The molecular weight excluding hydrogens is 177 g/mol. The van der Waals surface area contributed by atoms with Crippen LogP contribution in [0, 0.1) is 17.1 Å². The Hall–Kier alpha value is -1.36. The first-order chi connectivity index (χ1) is 6.83. The van der Waals surface area contributed by atoms with E-state index in [2.05, 4.69) is 0 Å². The van der Waals surface area contributed by atoms with Crippen LogP contribution < -0.4 is 0 Å². The predicted octanol–water partition coefficient (Wildman–Crippen LogP) is 2.77. The van der Waals surface area contributed by atoms with Crippen LogP contribution in [0.2, 0.25) is 0 Å². The molecule has 0 fully saturated rings. The molecule has 0 N–H and O–H groups in total. The molecule has 1 nitrogen and oxygen atoms in total. The Morgan fingerprint density at radius 2 is 2.07 bits per heavy atom. The summed E-state index contributed by atoms with van der Waals surface area (Å²) >= 11 is 0. The van der Waals surface area contributed by atoms with E-state index < -0.39 is 0 Å². The molecule has 1 aliphatic carbocycles. The minimum absolute atomic E-state index is 0.135. The molecule has 1 aromatic rings. The fourth-order valence-corrected chi connectivity index (χ4v) is 2.05. The molecule has 1 aliphatic rings. The first-order valence-corrected chi connectivity index (χ1v) is 4.99. The number of aryl methyl sites for hydroxylation is 1. The van der Waals surface area contributed by atoms with E-state index in [0.717, 1.165) is 36.8 Å². The molecule has 0 radical (unpaired) electrons. The van der Waals surface area contributed by atoms with Crippen molar-refractivity contribution in [3.8, 4) is 6.07 Å². The van der Waals surface area contributed by atoms with Gasteiger partial charge in [0.15, 0.2) is 0 Å². The molecule has 0 bridgehead atoms. The van der Waals surface area contributed by atoms with Crippen LogP contribution in [-0.4, -0.2) is 0 Å². The van der Waals surface area contributed by atoms with Crippen molar-refractivity contribution in [1.82, 2.24) is 0 Å². The molecule has 0 saturated carbocycles. The van der Waals surface area contributed by atoms with Crippen LogP contribution in [-0.2, 0) is 19.3 Å². The number of halogens is 1. The lowest BCUT2D eigenvalue weighted by molar-refractivity contribution is 0.569. The Morgan fingerprint density at radius 1 is 1.29 bits per heavy atom. The molecule has 0 unspecified atom stereocenters. The van der Waals surface area contributed by atoms with Crippen LogP contribution in [0.25, 0.3) is 0 Å². The van der Waals surface area contributed by atoms with Gasteiger partial charge in [0.25, 0.3) is 0 Å². The SMILES string of the molecule is N#CCc1ccc2c(c1F)CCCC2. The lowest BCUT2D eigenvalue weighted by Gasteiger charge is -2.17. The first kappa shape index (κ1) is 9.21. The quantitative estimate of drug-likeness (QED) is 0.666. The van der Waals surface area contributed by atoms with Crippen LogP contribution >= 0.6 is 0 Å². The summed E-state index contributed by atoms with van der Waals surface area (Å²) in [4.78, 5) is 0. The molecule has 0 saturated heterocycles. The highest BCUT2D eigenvalue weighted by Gasteiger charge is 2.15. The Kier molecular flexibility index (Phi) is 2.49. The third kappa shape index (κ3) is 1.50. The summed E-state index contributed by atoms with van der Waals surface area (Å²) in [5.41, 5.74) is 2.53. The largest absolute Gasteiger partial charge is 0.206 e. The number of hydrogen-bond acceptors (Lipinski definition) is 1. The van der Waals surface area contributed by atoms with Crippen LogP contribution in [0.3, 0.4) is 0 Å². The maximum absolute atomic E-state index is 13.8. The highest BCUT2D eigenvalue weighted by molar-refractivity contribution is 5.36. The van der Waals surface area contributed by atoms with Gasteiger partial charge in [0.1, 0.15) is 5.82 Å². The summed E-state index contributed by atoms with van der Waals surface area (Å²) in [6.07, 6.45) is 4.22. The Balaban J connectivity index is 2.44. The van der Waals surface area contributed by atoms with E-state index in [0.29, 0.717) is 5.56 Å². The Morgan fingerprint density at radius 3 is 2.86 bits per heavy atom. The molecule has 0 aliphatic heterocycles. The molecule has 2 heteroatoms. The van der Waals surface area contributed by atoms with Gasteiger partial charge in [-0.05, 0) is 36.8 Å². The smallest absolute Gasteiger partial charge is 0.130 e. The summed E-state index contributed by atoms with van der Waals surface area (Å²) in [6, 6.07) is 5.72. The molecule has 0 spiro atoms. The van der Waals surface area contributed by atoms with Gasteiger partial charge < -0.3 is 0 Å². The van der Waals surface area contributed by atoms with Crippen molar-refractivity contribution in [1.29, 1.82) is 5.26 Å². The van der Waals surface area contributed by atoms with E-state index in [4.69, 9.17) is 5.26 Å². The van der Waals surface area contributed by atoms with Crippen molar-refractivity contribution in [2.75, 3.05) is 0 Å². The van der Waals surface area contributed by atoms with Gasteiger partial charge >= 0.3 is 0 Å². The standard InChI is InChI=1S/C12H12FN/c13-12-10(7-8-14)6-5-9-3-1-2-4-11(9)12/h5-6H,1-4,7H2. The van der Waals surface area contributed by atoms with Gasteiger partial charge in [-0.25, -0.2) is 4.39 Å². The van der Waals surface area contributed by atoms with Crippen LogP contribution in [0.5, 0.6) is 0 Å². The molecular formula is C12H12FN. The molecule has 0 heterocycles. The summed E-state index contributed by atoms with van der Waals surface area (Å²) in [6.45, 7) is 0. The average Bonchev–Trinajstić information content (AvgIpc) is 2.23. The zero-order valence-corrected chi connectivity index (χ0v) is 8.02. The van der Waals surface area contributed by atoms with E-state index in [1.165, 1.54) is 0 Å². The number of rotatable bonds is 1. The number of fused-ring (bicyclic) bond motifs is 1. The lowest BCUT2D eigenvalue weighted by atomic mass is 9.89. The minimum Gasteiger partial charge on any atom is -0.206 e. The fraction of sp³-hybridized carbons (Fsp3) is 0.417. The Labute approximate surface area is 83.2 Å². The fourth-order valence-electron chi connectivity index (χ4n) is 2.05. The van der Waals surface area contributed by atoms with Crippen molar-refractivity contribution in [3.63, 3.8) is 0 Å². The number of nitriles is 1. The van der Waals surface area contributed by atoms with Gasteiger partial charge in [0, 0.05) is 5.56 Å². The number of nitrogens with zero attached hydrogens (tertiary/aromatic N) is 1. The van der Waals surface area contributed by atoms with Gasteiger partial charge in [-0.3, -0.25) is 0 Å². The summed E-state index contributed by atoms with van der Waals surface area (Å²) in [7, 11) is 0. The third-order valence-electron chi connectivity index (χ3n) is 2.81. The van der Waals surface area contributed by atoms with Crippen LogP contribution in [0.15, 0.2) is 12.1 Å². The Bertz CT molecular complexity index is 390. The molecule has 72 valence electrons. The molecule has 2 rings (SSSR count). The molecule has 0 atom stereocenters. The second-order valence-corrected chi connectivity index (χ2v) is 3.72. The van der Waals surface area contributed by atoms with E-state index in [1.54, 1.807) is 6.07 Å². The van der Waals surface area contributed by atoms with Gasteiger partial charge in [0.05, 0.1) is 12.5 Å². The molecule has 0 amide bonds. The van der Waals surface area contributed by atoms with Gasteiger partial charge in [-0.2, -0.15) is 5.26 Å². The molecule has 1 aromatic carbocycles. The second-order valence-electron chi connectivity index (χ2n) is 3.72. The monoisotopic (exact) mass is 189 g/mol. The maximum Gasteiger partial charge on any atom is 0.130 e. The number of benzene rings is 1. The summed E-state index contributed by atoms with van der Waals surface area (Å²) in [5.74, 6) is -0.135. The zero-order chi connectivity index (χ0) is 9.97. The van der Waals surface area contributed by atoms with Gasteiger partial charge in [0.2, 0.25) is 0 Å². The number of hydrogen-bond donors (Lipinski definition) is 0. The van der Waals surface area contributed by atoms with Crippen LogP contribution in [0.1, 0.15) is 29.5 Å². The second kappa shape index (κ2) is 3.79. The van der Waals surface area contributed by atoms with Crippen molar-refractivity contribution in [3.05, 3.63) is 34.6 Å². The van der Waals surface area contributed by atoms with Gasteiger partial charge in [-0.15, -0.1) is 0 Å². The average molecular weight is 189 g/mol. The summed E-state index contributed by atoms with van der Waals surface area (Å²) < 4.78 is 13.8. The highest BCUT2D eigenvalue weighted by atomic mass is 19.1. The van der Waals surface area contributed by atoms with E-state index in [9.17, 15) is 4.39 Å². The van der Waals surface area contributed by atoms with Gasteiger partial charge in [-0.1, -0.05) is 12.1 Å².